The van der Waals surface area contributed by atoms with Gasteiger partial charge in [-0.05, 0) is 30.7 Å². The van der Waals surface area contributed by atoms with Crippen LogP contribution in [0.3, 0.4) is 0 Å². The van der Waals surface area contributed by atoms with Crippen molar-refractivity contribution in [3.63, 3.8) is 0 Å². The molecule has 0 spiro atoms. The Labute approximate surface area is 160 Å². The fourth-order valence-electron chi connectivity index (χ4n) is 5.12. The Bertz CT molecular complexity index is 764. The number of hydrogen-bond donors (Lipinski definition) is 0. The first-order chi connectivity index (χ1) is 12.9. The van der Waals surface area contributed by atoms with Crippen LogP contribution >= 0.6 is 0 Å². The summed E-state index contributed by atoms with van der Waals surface area (Å²) in [6, 6.07) is 19.0. The first-order valence-corrected chi connectivity index (χ1v) is 9.56. The Morgan fingerprint density at radius 2 is 1.00 bits per heavy atom. The third-order valence-electron chi connectivity index (χ3n) is 5.76. The van der Waals surface area contributed by atoms with Gasteiger partial charge >= 0.3 is 0 Å². The van der Waals surface area contributed by atoms with Gasteiger partial charge in [0.05, 0.1) is 0 Å². The van der Waals surface area contributed by atoms with Crippen LogP contribution in [0.2, 0.25) is 0 Å². The summed E-state index contributed by atoms with van der Waals surface area (Å²) in [7, 11) is 0. The third-order valence-corrected chi connectivity index (χ3v) is 5.76. The molecule has 0 aromatic heterocycles. The fraction of sp³-hybridized carbons (Fsp3) is 0.391. The van der Waals surface area contributed by atoms with Crippen LogP contribution in [0.15, 0.2) is 60.7 Å². The molecule has 4 rings (SSSR count). The second-order valence-corrected chi connectivity index (χ2v) is 8.85. The number of piperidine rings is 2. The minimum atomic E-state index is -0.0832. The van der Waals surface area contributed by atoms with Crippen LogP contribution in [0, 0.1) is 10.8 Å². The minimum absolute atomic E-state index is 0.0832. The molecule has 0 radical (unpaired) electrons. The van der Waals surface area contributed by atoms with Gasteiger partial charge in [0, 0.05) is 48.1 Å². The first kappa shape index (κ1) is 17.8. The van der Waals surface area contributed by atoms with Crippen LogP contribution in [0.1, 0.15) is 41.0 Å². The lowest BCUT2D eigenvalue weighted by Crippen LogP contribution is -2.63. The number of carbonyl (C=O) groups is 2. The van der Waals surface area contributed by atoms with Crippen molar-refractivity contribution in [1.29, 1.82) is 0 Å². The van der Waals surface area contributed by atoms with E-state index in [1.165, 1.54) is 0 Å². The van der Waals surface area contributed by atoms with Crippen LogP contribution in [0.5, 0.6) is 0 Å². The predicted octanol–water partition coefficient (Wildman–Crippen LogP) is 3.70. The molecular formula is C23H26N2O2. The number of nitrogens with zero attached hydrogens (tertiary/aromatic N) is 2. The van der Waals surface area contributed by atoms with E-state index in [1.807, 2.05) is 70.5 Å². The van der Waals surface area contributed by atoms with Crippen LogP contribution in [-0.2, 0) is 0 Å². The molecule has 27 heavy (non-hydrogen) atoms. The Morgan fingerprint density at radius 1 is 0.667 bits per heavy atom. The minimum Gasteiger partial charge on any atom is -0.337 e. The SMILES string of the molecule is CC12CN(C(=O)c3ccccc3)CC(C)(CN(C(=O)c3ccccc3)C1)C2. The Morgan fingerprint density at radius 3 is 1.33 bits per heavy atom. The largest absolute Gasteiger partial charge is 0.337 e. The monoisotopic (exact) mass is 362 g/mol. The normalized spacial score (nSPS) is 27.3. The molecule has 0 unspecified atom stereocenters. The first-order valence-electron chi connectivity index (χ1n) is 9.56. The highest BCUT2D eigenvalue weighted by atomic mass is 16.2. The van der Waals surface area contributed by atoms with E-state index in [0.717, 1.165) is 17.5 Å². The van der Waals surface area contributed by atoms with Crippen LogP contribution in [0.25, 0.3) is 0 Å². The van der Waals surface area contributed by atoms with Gasteiger partial charge in [0.15, 0.2) is 0 Å². The van der Waals surface area contributed by atoms with Crippen molar-refractivity contribution in [2.45, 2.75) is 20.3 Å². The fourth-order valence-corrected chi connectivity index (χ4v) is 5.12. The lowest BCUT2D eigenvalue weighted by atomic mass is 9.65. The van der Waals surface area contributed by atoms with Gasteiger partial charge in [-0.2, -0.15) is 0 Å². The number of fused-ring (bicyclic) bond motifs is 2. The van der Waals surface area contributed by atoms with Crippen molar-refractivity contribution in [3.05, 3.63) is 71.8 Å². The van der Waals surface area contributed by atoms with Crippen molar-refractivity contribution in [1.82, 2.24) is 9.80 Å². The van der Waals surface area contributed by atoms with Gasteiger partial charge in [0.1, 0.15) is 0 Å². The van der Waals surface area contributed by atoms with Crippen molar-refractivity contribution >= 4 is 11.8 Å². The van der Waals surface area contributed by atoms with Gasteiger partial charge in [-0.25, -0.2) is 0 Å². The number of benzene rings is 2. The molecule has 2 bridgehead atoms. The van der Waals surface area contributed by atoms with Crippen molar-refractivity contribution < 1.29 is 9.59 Å². The highest BCUT2D eigenvalue weighted by molar-refractivity contribution is 5.95. The van der Waals surface area contributed by atoms with Crippen molar-refractivity contribution in [2.24, 2.45) is 10.8 Å². The number of rotatable bonds is 2. The molecule has 140 valence electrons. The number of hydrogen-bond acceptors (Lipinski definition) is 2. The van der Waals surface area contributed by atoms with Gasteiger partial charge in [-0.15, -0.1) is 0 Å². The van der Waals surface area contributed by atoms with E-state index in [9.17, 15) is 9.59 Å². The quantitative estimate of drug-likeness (QED) is 0.817. The van der Waals surface area contributed by atoms with Crippen molar-refractivity contribution in [3.8, 4) is 0 Å². The molecule has 0 atom stereocenters. The van der Waals surface area contributed by atoms with Crippen LogP contribution in [-0.4, -0.2) is 47.8 Å². The molecule has 0 aliphatic carbocycles. The van der Waals surface area contributed by atoms with E-state index < -0.39 is 0 Å². The molecule has 4 nitrogen and oxygen atoms in total. The van der Waals surface area contributed by atoms with E-state index in [1.54, 1.807) is 0 Å². The molecule has 2 amide bonds. The van der Waals surface area contributed by atoms with Gasteiger partial charge in [-0.3, -0.25) is 9.59 Å². The average molecular weight is 362 g/mol. The lowest BCUT2D eigenvalue weighted by Gasteiger charge is -2.56. The van der Waals surface area contributed by atoms with Crippen molar-refractivity contribution in [2.75, 3.05) is 26.2 Å². The standard InChI is InChI=1S/C23H26N2O2/c1-22-13-23(2,16-24(14-22)20(26)18-9-5-3-6-10-18)17-25(15-22)21(27)19-11-7-4-8-12-19/h3-12H,13-17H2,1-2H3. The molecule has 2 saturated heterocycles. The Balaban J connectivity index is 1.56. The second-order valence-electron chi connectivity index (χ2n) is 8.85. The summed E-state index contributed by atoms with van der Waals surface area (Å²) in [4.78, 5) is 30.0. The maximum absolute atomic E-state index is 13.0. The van der Waals surface area contributed by atoms with Gasteiger partial charge in [0.2, 0.25) is 0 Å². The van der Waals surface area contributed by atoms with Crippen LogP contribution in [0.4, 0.5) is 0 Å². The smallest absolute Gasteiger partial charge is 0.253 e. The zero-order valence-electron chi connectivity index (χ0n) is 16.0. The predicted molar refractivity (Wildman–Crippen MR) is 106 cm³/mol. The summed E-state index contributed by atoms with van der Waals surface area (Å²) in [5.74, 6) is 0.186. The topological polar surface area (TPSA) is 40.6 Å². The highest BCUT2D eigenvalue weighted by Gasteiger charge is 2.50. The molecule has 2 aliphatic rings. The van der Waals surface area contributed by atoms with E-state index in [2.05, 4.69) is 13.8 Å². The molecule has 2 aliphatic heterocycles. The molecule has 0 saturated carbocycles. The summed E-state index contributed by atoms with van der Waals surface area (Å²) < 4.78 is 0. The summed E-state index contributed by atoms with van der Waals surface area (Å²) in [5.41, 5.74) is 1.31. The number of amides is 2. The van der Waals surface area contributed by atoms with Crippen LogP contribution < -0.4 is 0 Å². The highest BCUT2D eigenvalue weighted by Crippen LogP contribution is 2.46. The number of likely N-dealkylation sites (tertiary alicyclic amines) is 2. The summed E-state index contributed by atoms with van der Waals surface area (Å²) in [6.07, 6.45) is 1.04. The molecule has 2 aromatic rings. The maximum atomic E-state index is 13.0. The molecule has 2 aromatic carbocycles. The summed E-state index contributed by atoms with van der Waals surface area (Å²) >= 11 is 0. The molecular weight excluding hydrogens is 336 g/mol. The Hall–Kier alpha value is -2.62. The maximum Gasteiger partial charge on any atom is 0.253 e. The lowest BCUT2D eigenvalue weighted by molar-refractivity contribution is -0.0538. The van der Waals surface area contributed by atoms with E-state index >= 15 is 0 Å². The van der Waals surface area contributed by atoms with Gasteiger partial charge < -0.3 is 9.80 Å². The summed E-state index contributed by atoms with van der Waals surface area (Å²) in [6.45, 7) is 7.17. The number of carbonyl (C=O) groups excluding carboxylic acids is 2. The summed E-state index contributed by atoms with van der Waals surface area (Å²) in [5, 5.41) is 0. The average Bonchev–Trinajstić information content (AvgIpc) is 2.66. The molecule has 2 fully saturated rings. The third kappa shape index (κ3) is 3.48. The molecule has 4 heteroatoms. The van der Waals surface area contributed by atoms with E-state index in [-0.39, 0.29) is 22.6 Å². The van der Waals surface area contributed by atoms with E-state index in [0.29, 0.717) is 26.2 Å². The zero-order valence-corrected chi connectivity index (χ0v) is 16.0. The molecule has 2 heterocycles. The van der Waals surface area contributed by atoms with Gasteiger partial charge in [-0.1, -0.05) is 50.2 Å². The second kappa shape index (κ2) is 6.52. The zero-order chi connectivity index (χ0) is 19.1. The van der Waals surface area contributed by atoms with Gasteiger partial charge in [0.25, 0.3) is 11.8 Å². The van der Waals surface area contributed by atoms with E-state index in [4.69, 9.17) is 0 Å². The molecule has 0 N–H and O–H groups in total. The Kier molecular flexibility index (Phi) is 4.29.